The fourth-order valence-electron chi connectivity index (χ4n) is 2.71. The van der Waals surface area contributed by atoms with Gasteiger partial charge in [0.2, 0.25) is 5.82 Å². The number of carbonyl (C=O) groups excluding carboxylic acids is 1. The molecular weight excluding hydrogens is 437 g/mol. The summed E-state index contributed by atoms with van der Waals surface area (Å²) >= 11 is 5.99. The van der Waals surface area contributed by atoms with E-state index in [0.29, 0.717) is 16.8 Å². The number of benzene rings is 1. The SMILES string of the molecule is Cc1ccc(-c2nc3nc(C(F)(F)F)ncc3[nH]2)cc1NC(=O)c1ncnc(N)c1Cl. The summed E-state index contributed by atoms with van der Waals surface area (Å²) in [4.78, 5) is 33.8. The molecule has 1 amide bonds. The molecule has 0 aliphatic heterocycles. The number of hydrogen-bond acceptors (Lipinski definition) is 7. The molecule has 0 spiro atoms. The molecule has 0 atom stereocenters. The first kappa shape index (κ1) is 20.5. The summed E-state index contributed by atoms with van der Waals surface area (Å²) in [5.41, 5.74) is 7.23. The smallest absolute Gasteiger partial charge is 0.382 e. The van der Waals surface area contributed by atoms with E-state index in [1.807, 2.05) is 0 Å². The molecule has 31 heavy (non-hydrogen) atoms. The van der Waals surface area contributed by atoms with Gasteiger partial charge in [-0.05, 0) is 18.6 Å². The average Bonchev–Trinajstić information content (AvgIpc) is 3.14. The van der Waals surface area contributed by atoms with E-state index >= 15 is 0 Å². The molecule has 0 saturated heterocycles. The van der Waals surface area contributed by atoms with E-state index in [1.165, 1.54) is 0 Å². The number of nitrogens with zero attached hydrogens (tertiary/aromatic N) is 5. The van der Waals surface area contributed by atoms with Gasteiger partial charge in [-0.3, -0.25) is 4.79 Å². The van der Waals surface area contributed by atoms with Gasteiger partial charge in [0.25, 0.3) is 5.91 Å². The molecular formula is C18H12ClF3N8O. The zero-order chi connectivity index (χ0) is 22.3. The lowest BCUT2D eigenvalue weighted by atomic mass is 10.1. The number of aromatic amines is 1. The van der Waals surface area contributed by atoms with Crippen molar-refractivity contribution in [2.45, 2.75) is 13.1 Å². The van der Waals surface area contributed by atoms with Crippen LogP contribution in [0.15, 0.2) is 30.7 Å². The topological polar surface area (TPSA) is 135 Å². The summed E-state index contributed by atoms with van der Waals surface area (Å²) < 4.78 is 38.5. The predicted octanol–water partition coefficient (Wildman–Crippen LogP) is 3.63. The molecule has 3 aromatic heterocycles. The normalized spacial score (nSPS) is 11.6. The predicted molar refractivity (Wildman–Crippen MR) is 106 cm³/mol. The Morgan fingerprint density at radius 2 is 1.97 bits per heavy atom. The van der Waals surface area contributed by atoms with E-state index in [2.05, 4.69) is 35.2 Å². The molecule has 13 heteroatoms. The van der Waals surface area contributed by atoms with E-state index in [0.717, 1.165) is 12.5 Å². The molecule has 0 fully saturated rings. The highest BCUT2D eigenvalue weighted by molar-refractivity contribution is 6.36. The molecule has 0 unspecified atom stereocenters. The Morgan fingerprint density at radius 3 is 2.71 bits per heavy atom. The third kappa shape index (κ3) is 3.97. The van der Waals surface area contributed by atoms with Crippen LogP contribution in [0.2, 0.25) is 5.02 Å². The Morgan fingerprint density at radius 1 is 1.19 bits per heavy atom. The number of H-pyrrole nitrogens is 1. The van der Waals surface area contributed by atoms with Gasteiger partial charge in [-0.1, -0.05) is 23.7 Å². The van der Waals surface area contributed by atoms with Gasteiger partial charge in [0.05, 0.1) is 6.20 Å². The molecule has 0 saturated carbocycles. The van der Waals surface area contributed by atoms with E-state index < -0.39 is 17.9 Å². The van der Waals surface area contributed by atoms with Crippen molar-refractivity contribution in [2.24, 2.45) is 0 Å². The van der Waals surface area contributed by atoms with Gasteiger partial charge in [-0.2, -0.15) is 13.2 Å². The van der Waals surface area contributed by atoms with Gasteiger partial charge in [0.15, 0.2) is 11.3 Å². The van der Waals surface area contributed by atoms with Crippen molar-refractivity contribution < 1.29 is 18.0 Å². The number of carbonyl (C=O) groups is 1. The molecule has 3 heterocycles. The van der Waals surface area contributed by atoms with Gasteiger partial charge in [0, 0.05) is 11.3 Å². The lowest BCUT2D eigenvalue weighted by Crippen LogP contribution is -2.16. The minimum atomic E-state index is -4.68. The molecule has 4 aromatic rings. The van der Waals surface area contributed by atoms with Gasteiger partial charge >= 0.3 is 6.18 Å². The Labute approximate surface area is 176 Å². The van der Waals surface area contributed by atoms with Gasteiger partial charge in [-0.15, -0.1) is 0 Å². The minimum absolute atomic E-state index is 0.0334. The van der Waals surface area contributed by atoms with Crippen molar-refractivity contribution in [3.63, 3.8) is 0 Å². The maximum atomic E-state index is 12.8. The summed E-state index contributed by atoms with van der Waals surface area (Å²) in [5, 5.41) is 2.60. The number of aryl methyl sites for hydroxylation is 1. The Kier molecular flexibility index (Phi) is 4.93. The zero-order valence-corrected chi connectivity index (χ0v) is 16.4. The van der Waals surface area contributed by atoms with E-state index in [1.54, 1.807) is 25.1 Å². The van der Waals surface area contributed by atoms with Crippen LogP contribution in [-0.2, 0) is 6.18 Å². The first-order valence-corrected chi connectivity index (χ1v) is 8.99. The van der Waals surface area contributed by atoms with E-state index in [9.17, 15) is 18.0 Å². The highest BCUT2D eigenvalue weighted by Crippen LogP contribution is 2.29. The molecule has 1 aromatic carbocycles. The van der Waals surface area contributed by atoms with Crippen molar-refractivity contribution in [3.05, 3.63) is 52.8 Å². The van der Waals surface area contributed by atoms with Gasteiger partial charge < -0.3 is 16.0 Å². The Bertz CT molecular complexity index is 1320. The summed E-state index contributed by atoms with van der Waals surface area (Å²) in [6, 6.07) is 5.00. The van der Waals surface area contributed by atoms with Crippen LogP contribution < -0.4 is 11.1 Å². The lowest BCUT2D eigenvalue weighted by Gasteiger charge is -2.10. The molecule has 9 nitrogen and oxygen atoms in total. The van der Waals surface area contributed by atoms with Crippen LogP contribution in [-0.4, -0.2) is 35.8 Å². The number of aromatic nitrogens is 6. The maximum absolute atomic E-state index is 12.8. The Hall–Kier alpha value is -3.80. The fourth-order valence-corrected chi connectivity index (χ4v) is 2.89. The number of imidazole rings is 1. The summed E-state index contributed by atoms with van der Waals surface area (Å²) in [5.74, 6) is -1.67. The van der Waals surface area contributed by atoms with Crippen LogP contribution in [0.25, 0.3) is 22.6 Å². The second kappa shape index (κ2) is 7.47. The summed E-state index contributed by atoms with van der Waals surface area (Å²) in [6.45, 7) is 1.76. The molecule has 158 valence electrons. The van der Waals surface area contributed by atoms with Crippen molar-refractivity contribution >= 4 is 40.2 Å². The molecule has 4 rings (SSSR count). The average molecular weight is 449 g/mol. The molecule has 4 N–H and O–H groups in total. The number of fused-ring (bicyclic) bond motifs is 1. The number of halogens is 4. The summed E-state index contributed by atoms with van der Waals surface area (Å²) in [6.07, 6.45) is -2.55. The number of hydrogen-bond donors (Lipinski definition) is 3. The second-order valence-corrected chi connectivity index (χ2v) is 6.80. The van der Waals surface area contributed by atoms with Crippen molar-refractivity contribution in [3.8, 4) is 11.4 Å². The number of anilines is 2. The monoisotopic (exact) mass is 448 g/mol. The summed E-state index contributed by atoms with van der Waals surface area (Å²) in [7, 11) is 0. The highest BCUT2D eigenvalue weighted by Gasteiger charge is 2.35. The van der Waals surface area contributed by atoms with Crippen LogP contribution in [0.5, 0.6) is 0 Å². The van der Waals surface area contributed by atoms with Crippen LogP contribution in [0, 0.1) is 6.92 Å². The third-order valence-corrected chi connectivity index (χ3v) is 4.66. The zero-order valence-electron chi connectivity index (χ0n) is 15.6. The van der Waals surface area contributed by atoms with E-state index in [4.69, 9.17) is 17.3 Å². The Balaban J connectivity index is 1.68. The minimum Gasteiger partial charge on any atom is -0.382 e. The number of rotatable bonds is 3. The fraction of sp³-hybridized carbons (Fsp3) is 0.111. The van der Waals surface area contributed by atoms with Gasteiger partial charge in [-0.25, -0.2) is 24.9 Å². The highest BCUT2D eigenvalue weighted by atomic mass is 35.5. The van der Waals surface area contributed by atoms with Crippen LogP contribution >= 0.6 is 11.6 Å². The van der Waals surface area contributed by atoms with Crippen LogP contribution in [0.3, 0.4) is 0 Å². The number of nitrogen functional groups attached to an aromatic ring is 1. The quantitative estimate of drug-likeness (QED) is 0.435. The third-order valence-electron chi connectivity index (χ3n) is 4.28. The second-order valence-electron chi connectivity index (χ2n) is 6.42. The van der Waals surface area contributed by atoms with Gasteiger partial charge in [0.1, 0.15) is 28.5 Å². The van der Waals surface area contributed by atoms with Crippen LogP contribution in [0.1, 0.15) is 21.9 Å². The van der Waals surface area contributed by atoms with Crippen LogP contribution in [0.4, 0.5) is 24.7 Å². The van der Waals surface area contributed by atoms with Crippen molar-refractivity contribution in [1.82, 2.24) is 29.9 Å². The number of nitrogens with two attached hydrogens (primary N) is 1. The number of amides is 1. The maximum Gasteiger partial charge on any atom is 0.451 e. The standard InChI is InChI=1S/C18H12ClF3N8O/c1-7-2-3-8(4-9(7)28-16(31)12-11(19)13(23)26-6-25-12)14-27-10-5-24-17(18(20,21)22)30-15(10)29-14/h2-6H,1H3,(H,28,31)(H2,23,25,26)(H,24,27,29,30). The largest absolute Gasteiger partial charge is 0.451 e. The van der Waals surface area contributed by atoms with Crippen molar-refractivity contribution in [1.29, 1.82) is 0 Å². The molecule has 0 bridgehead atoms. The molecule has 0 aliphatic rings. The first-order chi connectivity index (χ1) is 14.6. The van der Waals surface area contributed by atoms with Crippen molar-refractivity contribution in [2.75, 3.05) is 11.1 Å². The number of nitrogens with one attached hydrogen (secondary N) is 2. The molecule has 0 aliphatic carbocycles. The lowest BCUT2D eigenvalue weighted by molar-refractivity contribution is -0.144. The van der Waals surface area contributed by atoms with E-state index in [-0.39, 0.29) is 33.5 Å². The molecule has 0 radical (unpaired) electrons. The first-order valence-electron chi connectivity index (χ1n) is 8.62. The number of alkyl halides is 3.